The van der Waals surface area contributed by atoms with Gasteiger partial charge in [0, 0.05) is 44.1 Å². The lowest BCUT2D eigenvalue weighted by Gasteiger charge is -2.28. The minimum absolute atomic E-state index is 0.0822. The zero-order valence-corrected chi connectivity index (χ0v) is 21.8. The molecule has 0 aliphatic carbocycles. The van der Waals surface area contributed by atoms with Crippen LogP contribution in [0, 0.1) is 11.6 Å². The number of hydrogen-bond acceptors (Lipinski definition) is 5. The molecule has 2 unspecified atom stereocenters. The lowest BCUT2D eigenvalue weighted by Crippen LogP contribution is -2.41. The molecule has 1 aromatic carbocycles. The first-order valence-electron chi connectivity index (χ1n) is 13.1. The van der Waals surface area contributed by atoms with Gasteiger partial charge < -0.3 is 15.1 Å². The zero-order chi connectivity index (χ0) is 27.3. The molecular weight excluding hydrogens is 504 g/mol. The van der Waals surface area contributed by atoms with Gasteiger partial charge in [-0.2, -0.15) is 10.2 Å². The van der Waals surface area contributed by atoms with Crippen molar-refractivity contribution in [3.05, 3.63) is 82.9 Å². The van der Waals surface area contributed by atoms with Gasteiger partial charge in [-0.25, -0.2) is 13.3 Å². The Morgan fingerprint density at radius 3 is 2.69 bits per heavy atom. The van der Waals surface area contributed by atoms with E-state index < -0.39 is 11.6 Å². The number of nitrogens with zero attached hydrogens (tertiary/aromatic N) is 6. The van der Waals surface area contributed by atoms with E-state index in [2.05, 4.69) is 20.4 Å². The van der Waals surface area contributed by atoms with Crippen molar-refractivity contribution >= 4 is 23.0 Å². The van der Waals surface area contributed by atoms with Crippen LogP contribution in [-0.2, 0) is 13.0 Å². The van der Waals surface area contributed by atoms with Crippen molar-refractivity contribution in [2.75, 3.05) is 25.5 Å². The molecule has 202 valence electrons. The van der Waals surface area contributed by atoms with Crippen LogP contribution in [0.5, 0.6) is 0 Å². The van der Waals surface area contributed by atoms with E-state index in [9.17, 15) is 18.4 Å². The summed E-state index contributed by atoms with van der Waals surface area (Å²) in [6.45, 7) is 1.17. The Balaban J connectivity index is 1.22. The Morgan fingerprint density at radius 2 is 1.87 bits per heavy atom. The summed E-state index contributed by atoms with van der Waals surface area (Å²) in [5.41, 5.74) is 3.70. The monoisotopic (exact) mass is 533 g/mol. The van der Waals surface area contributed by atoms with Crippen molar-refractivity contribution in [1.82, 2.24) is 29.6 Å². The van der Waals surface area contributed by atoms with Crippen LogP contribution in [0.4, 0.5) is 14.5 Å². The molecule has 0 saturated carbocycles. The second-order valence-corrected chi connectivity index (χ2v) is 10.4. The number of nitrogens with one attached hydrogen (secondary N) is 1. The van der Waals surface area contributed by atoms with Gasteiger partial charge in [-0.1, -0.05) is 0 Å². The van der Waals surface area contributed by atoms with E-state index >= 15 is 0 Å². The lowest BCUT2D eigenvalue weighted by atomic mass is 10.0. The third-order valence-electron chi connectivity index (χ3n) is 7.69. The fraction of sp³-hybridized carbons (Fsp3) is 0.357. The molecule has 2 aliphatic rings. The number of anilines is 1. The molecule has 4 aromatic rings. The highest BCUT2D eigenvalue weighted by molar-refractivity contribution is 6.01. The molecule has 0 radical (unpaired) electrons. The van der Waals surface area contributed by atoms with E-state index in [0.717, 1.165) is 23.9 Å². The topological polar surface area (TPSA) is 87.8 Å². The van der Waals surface area contributed by atoms with Crippen molar-refractivity contribution in [3.63, 3.8) is 0 Å². The Hall–Kier alpha value is -4.28. The number of aromatic nitrogens is 4. The number of hydrogen-bond donors (Lipinski definition) is 1. The molecule has 0 bridgehead atoms. The van der Waals surface area contributed by atoms with E-state index in [1.165, 1.54) is 23.2 Å². The number of fused-ring (bicyclic) bond motifs is 2. The first-order chi connectivity index (χ1) is 18.8. The van der Waals surface area contributed by atoms with Gasteiger partial charge >= 0.3 is 0 Å². The van der Waals surface area contributed by atoms with Crippen LogP contribution < -0.4 is 10.2 Å². The number of benzene rings is 1. The summed E-state index contributed by atoms with van der Waals surface area (Å²) in [5, 5.41) is 11.8. The van der Waals surface area contributed by atoms with Gasteiger partial charge in [0.05, 0.1) is 47.3 Å². The second-order valence-electron chi connectivity index (χ2n) is 10.4. The maximum absolute atomic E-state index is 14.6. The molecule has 1 saturated heterocycles. The Morgan fingerprint density at radius 1 is 1.05 bits per heavy atom. The molecule has 3 aromatic heterocycles. The Labute approximate surface area is 224 Å². The van der Waals surface area contributed by atoms with Gasteiger partial charge in [-0.05, 0) is 56.0 Å². The highest BCUT2D eigenvalue weighted by atomic mass is 19.1. The van der Waals surface area contributed by atoms with Gasteiger partial charge in [-0.15, -0.1) is 0 Å². The molecule has 1 fully saturated rings. The number of carbonyl (C=O) groups is 2. The van der Waals surface area contributed by atoms with Crippen LogP contribution in [-0.4, -0.2) is 62.8 Å². The molecule has 0 spiro atoms. The van der Waals surface area contributed by atoms with E-state index in [-0.39, 0.29) is 23.9 Å². The van der Waals surface area contributed by atoms with Gasteiger partial charge in [0.25, 0.3) is 11.8 Å². The number of rotatable bonds is 5. The van der Waals surface area contributed by atoms with E-state index in [4.69, 9.17) is 0 Å². The van der Waals surface area contributed by atoms with Crippen LogP contribution in [0.25, 0.3) is 5.52 Å². The summed E-state index contributed by atoms with van der Waals surface area (Å²) < 4.78 is 31.9. The average molecular weight is 534 g/mol. The van der Waals surface area contributed by atoms with Crippen molar-refractivity contribution < 1.29 is 18.4 Å². The van der Waals surface area contributed by atoms with Crippen molar-refractivity contribution in [2.24, 2.45) is 0 Å². The number of amides is 2. The molecule has 1 N–H and O–H groups in total. The lowest BCUT2D eigenvalue weighted by molar-refractivity contribution is 0.0824. The van der Waals surface area contributed by atoms with Crippen LogP contribution in [0.15, 0.2) is 48.9 Å². The van der Waals surface area contributed by atoms with Crippen LogP contribution in [0.1, 0.15) is 57.3 Å². The summed E-state index contributed by atoms with van der Waals surface area (Å²) in [6.07, 6.45) is 7.78. The first kappa shape index (κ1) is 25.0. The standard InChI is InChI=1S/C28H29F2N7O2/c1-34(2)28(39)22-15-32-37-16-18(6-8-25(22)37)33-27(38)21-14-31-36-11-9-19(13-26(21)36)35-10-3-4-24(35)20-12-17(29)5-7-23(20)30/h5,7,9,11-15,18,24H,3-4,6,8,10,16H2,1-2H3,(H,33,38). The predicted octanol–water partition coefficient (Wildman–Crippen LogP) is 3.60. The minimum Gasteiger partial charge on any atom is -0.364 e. The van der Waals surface area contributed by atoms with Crippen molar-refractivity contribution in [1.29, 1.82) is 0 Å². The predicted molar refractivity (Wildman–Crippen MR) is 141 cm³/mol. The van der Waals surface area contributed by atoms with Crippen LogP contribution in [0.2, 0.25) is 0 Å². The quantitative estimate of drug-likeness (QED) is 0.424. The number of pyridine rings is 1. The average Bonchev–Trinajstić information content (AvgIpc) is 3.67. The van der Waals surface area contributed by atoms with Gasteiger partial charge in [0.2, 0.25) is 0 Å². The minimum atomic E-state index is -0.464. The zero-order valence-electron chi connectivity index (χ0n) is 21.8. The maximum Gasteiger partial charge on any atom is 0.256 e. The third-order valence-corrected chi connectivity index (χ3v) is 7.69. The highest BCUT2D eigenvalue weighted by Crippen LogP contribution is 2.38. The smallest absolute Gasteiger partial charge is 0.256 e. The number of carbonyl (C=O) groups excluding carboxylic acids is 2. The molecule has 5 heterocycles. The fourth-order valence-electron chi connectivity index (χ4n) is 5.74. The summed E-state index contributed by atoms with van der Waals surface area (Å²) in [7, 11) is 3.42. The Bertz CT molecular complexity index is 1580. The molecule has 11 heteroatoms. The molecule has 2 amide bonds. The van der Waals surface area contributed by atoms with Gasteiger partial charge in [0.1, 0.15) is 11.6 Å². The van der Waals surface area contributed by atoms with E-state index in [0.29, 0.717) is 54.6 Å². The summed E-state index contributed by atoms with van der Waals surface area (Å²) in [6, 6.07) is 6.88. The SMILES string of the molecule is CN(C)C(=O)c1cnn2c1CCC(NC(=O)c1cnn3ccc(N4CCCC4c4cc(F)ccc4F)cc13)C2. The molecule has 6 rings (SSSR count). The van der Waals surface area contributed by atoms with Gasteiger partial charge in [-0.3, -0.25) is 14.3 Å². The number of halogens is 2. The van der Waals surface area contributed by atoms with E-state index in [1.807, 2.05) is 12.1 Å². The molecular formula is C28H29F2N7O2. The van der Waals surface area contributed by atoms with Crippen LogP contribution >= 0.6 is 0 Å². The molecule has 9 nitrogen and oxygen atoms in total. The van der Waals surface area contributed by atoms with Gasteiger partial charge in [0.15, 0.2) is 0 Å². The summed E-state index contributed by atoms with van der Waals surface area (Å²) >= 11 is 0. The second kappa shape index (κ2) is 9.79. The third kappa shape index (κ3) is 4.51. The van der Waals surface area contributed by atoms with Crippen LogP contribution in [0.3, 0.4) is 0 Å². The van der Waals surface area contributed by atoms with E-state index in [1.54, 1.807) is 35.7 Å². The maximum atomic E-state index is 14.6. The largest absolute Gasteiger partial charge is 0.364 e. The summed E-state index contributed by atoms with van der Waals surface area (Å²) in [4.78, 5) is 29.4. The Kier molecular flexibility index (Phi) is 6.28. The van der Waals surface area contributed by atoms with Crippen molar-refractivity contribution in [2.45, 2.75) is 44.3 Å². The normalized spacial score (nSPS) is 18.8. The molecule has 2 atom stereocenters. The summed E-state index contributed by atoms with van der Waals surface area (Å²) in [5.74, 6) is -1.22. The molecule has 2 aliphatic heterocycles. The highest BCUT2D eigenvalue weighted by Gasteiger charge is 2.30. The fourth-order valence-corrected chi connectivity index (χ4v) is 5.74. The first-order valence-corrected chi connectivity index (χ1v) is 13.1. The van der Waals surface area contributed by atoms with Crippen molar-refractivity contribution in [3.8, 4) is 0 Å². The molecule has 39 heavy (non-hydrogen) atoms.